The van der Waals surface area contributed by atoms with E-state index in [1.165, 1.54) is 6.07 Å². The van der Waals surface area contributed by atoms with E-state index in [1.54, 1.807) is 6.20 Å². The minimum absolute atomic E-state index is 0.104. The van der Waals surface area contributed by atoms with Crippen LogP contribution in [-0.2, 0) is 10.0 Å². The molecule has 1 aliphatic carbocycles. The summed E-state index contributed by atoms with van der Waals surface area (Å²) in [5.41, 5.74) is 1.81. The first-order valence-corrected chi connectivity index (χ1v) is 11.8. The molecule has 0 unspecified atom stereocenters. The molecule has 5 nitrogen and oxygen atoms in total. The highest BCUT2D eigenvalue weighted by Crippen LogP contribution is 2.29. The van der Waals surface area contributed by atoms with Crippen LogP contribution in [-0.4, -0.2) is 25.5 Å². The lowest BCUT2D eigenvalue weighted by Crippen LogP contribution is -2.40. The zero-order valence-electron chi connectivity index (χ0n) is 15.9. The summed E-state index contributed by atoms with van der Waals surface area (Å²) in [6.45, 7) is 0. The predicted octanol–water partition coefficient (Wildman–Crippen LogP) is 5.38. The average Bonchev–Trinajstić information content (AvgIpc) is 2.69. The van der Waals surface area contributed by atoms with E-state index in [1.807, 2.05) is 24.3 Å². The molecule has 2 N–H and O–H groups in total. The molecule has 9 heteroatoms. The van der Waals surface area contributed by atoms with Crippen molar-refractivity contribution < 1.29 is 12.8 Å². The van der Waals surface area contributed by atoms with Crippen molar-refractivity contribution in [3.8, 4) is 0 Å². The quantitative estimate of drug-likeness (QED) is 0.528. The molecule has 0 saturated heterocycles. The Morgan fingerprint density at radius 1 is 0.967 bits per heavy atom. The van der Waals surface area contributed by atoms with Crippen molar-refractivity contribution in [3.63, 3.8) is 0 Å². The third kappa shape index (κ3) is 4.70. The number of rotatable bonds is 5. The third-order valence-electron chi connectivity index (χ3n) is 5.30. The molecule has 0 amide bonds. The van der Waals surface area contributed by atoms with Crippen molar-refractivity contribution in [2.75, 3.05) is 5.32 Å². The fraction of sp³-hybridized carbons (Fsp3) is 0.286. The van der Waals surface area contributed by atoms with Crippen molar-refractivity contribution in [2.45, 2.75) is 42.7 Å². The maximum absolute atomic E-state index is 13.2. The lowest BCUT2D eigenvalue weighted by molar-refractivity contribution is 0.387. The molecule has 30 heavy (non-hydrogen) atoms. The summed E-state index contributed by atoms with van der Waals surface area (Å²) >= 11 is 12.0. The molecule has 158 valence electrons. The summed E-state index contributed by atoms with van der Waals surface area (Å²) in [6, 6.07) is 10.9. The lowest BCUT2D eigenvalue weighted by Gasteiger charge is -2.30. The Balaban J connectivity index is 1.40. The molecular formula is C21H20Cl2FN3O2S. The largest absolute Gasteiger partial charge is 0.382 e. The van der Waals surface area contributed by atoms with Crippen LogP contribution in [0.3, 0.4) is 0 Å². The van der Waals surface area contributed by atoms with Crippen molar-refractivity contribution in [2.24, 2.45) is 0 Å². The maximum Gasteiger partial charge on any atom is 0.242 e. The van der Waals surface area contributed by atoms with Gasteiger partial charge in [0.05, 0.1) is 10.5 Å². The number of nitrogens with zero attached hydrogens (tertiary/aromatic N) is 1. The van der Waals surface area contributed by atoms with Gasteiger partial charge in [0.2, 0.25) is 10.0 Å². The Bertz CT molecular complexity index is 1180. The SMILES string of the molecule is O=S(=O)(NC1CCC(Nc2ccnc3cc(Cl)ccc23)CC1)c1ccc(F)cc1Cl. The van der Waals surface area contributed by atoms with Crippen LogP contribution >= 0.6 is 23.2 Å². The second-order valence-corrected chi connectivity index (χ2v) is 9.93. The minimum atomic E-state index is -3.81. The van der Waals surface area contributed by atoms with Crippen LogP contribution in [0.5, 0.6) is 0 Å². The monoisotopic (exact) mass is 467 g/mol. The number of aromatic nitrogens is 1. The van der Waals surface area contributed by atoms with Gasteiger partial charge in [-0.05, 0) is 68.1 Å². The number of hydrogen-bond donors (Lipinski definition) is 2. The van der Waals surface area contributed by atoms with E-state index in [0.29, 0.717) is 17.9 Å². The number of hydrogen-bond acceptors (Lipinski definition) is 4. The number of nitrogens with one attached hydrogen (secondary N) is 2. The molecule has 0 aliphatic heterocycles. The summed E-state index contributed by atoms with van der Waals surface area (Å²) in [6.07, 6.45) is 4.73. The Hall–Kier alpha value is -1.93. The summed E-state index contributed by atoms with van der Waals surface area (Å²) in [7, 11) is -3.81. The highest BCUT2D eigenvalue weighted by molar-refractivity contribution is 7.89. The number of fused-ring (bicyclic) bond motifs is 1. The molecule has 0 spiro atoms. The molecule has 1 aromatic heterocycles. The van der Waals surface area contributed by atoms with E-state index in [4.69, 9.17) is 23.2 Å². The zero-order chi connectivity index (χ0) is 21.3. The standard InChI is InChI=1S/C21H20Cl2FN3O2S/c22-13-1-7-17-19(9-10-25-20(17)11-13)26-15-3-5-16(6-4-15)27-30(28,29)21-8-2-14(24)12-18(21)23/h1-2,7-12,15-16,27H,3-6H2,(H,25,26). The number of benzene rings is 2. The van der Waals surface area contributed by atoms with Crippen molar-refractivity contribution in [1.29, 1.82) is 0 Å². The molecular weight excluding hydrogens is 448 g/mol. The van der Waals surface area contributed by atoms with E-state index >= 15 is 0 Å². The Morgan fingerprint density at radius 2 is 1.70 bits per heavy atom. The summed E-state index contributed by atoms with van der Waals surface area (Å²) in [5.74, 6) is -0.573. The van der Waals surface area contributed by atoms with Crippen LogP contribution in [0.1, 0.15) is 25.7 Å². The molecule has 0 bridgehead atoms. The van der Waals surface area contributed by atoms with Gasteiger partial charge < -0.3 is 5.32 Å². The fourth-order valence-corrected chi connectivity index (χ4v) is 5.80. The van der Waals surface area contributed by atoms with Crippen molar-refractivity contribution >= 4 is 49.8 Å². The topological polar surface area (TPSA) is 71.1 Å². The molecule has 4 rings (SSSR count). The van der Waals surface area contributed by atoms with E-state index < -0.39 is 15.8 Å². The van der Waals surface area contributed by atoms with Crippen LogP contribution in [0.25, 0.3) is 10.9 Å². The molecule has 2 aromatic carbocycles. The van der Waals surface area contributed by atoms with Gasteiger partial charge in [0.15, 0.2) is 0 Å². The smallest absolute Gasteiger partial charge is 0.242 e. The first-order chi connectivity index (χ1) is 14.3. The Kier molecular flexibility index (Phi) is 6.16. The van der Waals surface area contributed by atoms with Gasteiger partial charge in [-0.25, -0.2) is 17.5 Å². The Morgan fingerprint density at radius 3 is 2.43 bits per heavy atom. The van der Waals surface area contributed by atoms with Crippen LogP contribution < -0.4 is 10.0 Å². The molecule has 3 aromatic rings. The molecule has 1 fully saturated rings. The van der Waals surface area contributed by atoms with Gasteiger partial charge in [-0.15, -0.1) is 0 Å². The highest BCUT2D eigenvalue weighted by Gasteiger charge is 2.27. The van der Waals surface area contributed by atoms with Gasteiger partial charge in [-0.1, -0.05) is 23.2 Å². The Labute approximate surface area is 184 Å². The number of anilines is 1. The lowest BCUT2D eigenvalue weighted by atomic mass is 9.91. The first kappa shape index (κ1) is 21.3. The highest BCUT2D eigenvalue weighted by atomic mass is 35.5. The first-order valence-electron chi connectivity index (χ1n) is 9.60. The normalized spacial score (nSPS) is 19.7. The van der Waals surface area contributed by atoms with E-state index in [2.05, 4.69) is 15.0 Å². The molecule has 1 heterocycles. The second-order valence-electron chi connectivity index (χ2n) is 7.41. The molecule has 1 aliphatic rings. The van der Waals surface area contributed by atoms with Gasteiger partial charge in [0, 0.05) is 34.4 Å². The maximum atomic E-state index is 13.2. The number of pyridine rings is 1. The van der Waals surface area contributed by atoms with Gasteiger partial charge in [-0.2, -0.15) is 0 Å². The van der Waals surface area contributed by atoms with Gasteiger partial charge >= 0.3 is 0 Å². The molecule has 1 saturated carbocycles. The number of halogens is 3. The number of sulfonamides is 1. The summed E-state index contributed by atoms with van der Waals surface area (Å²) in [5, 5.41) is 5.06. The fourth-order valence-electron chi connectivity index (χ4n) is 3.80. The second kappa shape index (κ2) is 8.67. The van der Waals surface area contributed by atoms with Crippen molar-refractivity contribution in [1.82, 2.24) is 9.71 Å². The van der Waals surface area contributed by atoms with E-state index in [-0.39, 0.29) is 22.0 Å². The minimum Gasteiger partial charge on any atom is -0.382 e. The molecule has 0 atom stereocenters. The van der Waals surface area contributed by atoms with E-state index in [0.717, 1.165) is 41.6 Å². The predicted molar refractivity (Wildman–Crippen MR) is 118 cm³/mol. The zero-order valence-corrected chi connectivity index (χ0v) is 18.2. The third-order valence-corrected chi connectivity index (χ3v) is 7.54. The van der Waals surface area contributed by atoms with Crippen molar-refractivity contribution in [3.05, 3.63) is 64.5 Å². The summed E-state index contributed by atoms with van der Waals surface area (Å²) < 4.78 is 41.2. The van der Waals surface area contributed by atoms with Crippen LogP contribution in [0.4, 0.5) is 10.1 Å². The average molecular weight is 468 g/mol. The van der Waals surface area contributed by atoms with Crippen LogP contribution in [0, 0.1) is 5.82 Å². The molecule has 0 radical (unpaired) electrons. The van der Waals surface area contributed by atoms with Crippen LogP contribution in [0.2, 0.25) is 10.0 Å². The van der Waals surface area contributed by atoms with Crippen LogP contribution in [0.15, 0.2) is 53.6 Å². The van der Waals surface area contributed by atoms with Gasteiger partial charge in [-0.3, -0.25) is 4.98 Å². The van der Waals surface area contributed by atoms with E-state index in [9.17, 15) is 12.8 Å². The van der Waals surface area contributed by atoms with Gasteiger partial charge in [0.25, 0.3) is 0 Å². The summed E-state index contributed by atoms with van der Waals surface area (Å²) in [4.78, 5) is 4.25. The van der Waals surface area contributed by atoms with Gasteiger partial charge in [0.1, 0.15) is 10.7 Å².